The number of halogens is 2. The third-order valence-corrected chi connectivity index (χ3v) is 6.83. The first-order valence-electron chi connectivity index (χ1n) is 8.53. The number of carbonyl (C=O) groups is 1. The van der Waals surface area contributed by atoms with E-state index < -0.39 is 26.6 Å². The van der Waals surface area contributed by atoms with Crippen LogP contribution in [0.15, 0.2) is 41.3 Å². The molecule has 8 heteroatoms. The van der Waals surface area contributed by atoms with Gasteiger partial charge in [-0.3, -0.25) is 4.79 Å². The van der Waals surface area contributed by atoms with Crippen LogP contribution in [0.1, 0.15) is 21.5 Å². The predicted molar refractivity (Wildman–Crippen MR) is 96.9 cm³/mol. The zero-order chi connectivity index (χ0) is 19.8. The van der Waals surface area contributed by atoms with Crippen LogP contribution < -0.4 is 0 Å². The lowest BCUT2D eigenvalue weighted by Crippen LogP contribution is -2.50. The third kappa shape index (κ3) is 3.59. The summed E-state index contributed by atoms with van der Waals surface area (Å²) < 4.78 is 54.0. The summed E-state index contributed by atoms with van der Waals surface area (Å²) >= 11 is 0. The summed E-state index contributed by atoms with van der Waals surface area (Å²) in [6.45, 7) is 4.05. The third-order valence-electron chi connectivity index (χ3n) is 4.88. The molecule has 1 aliphatic heterocycles. The number of amides is 1. The topological polar surface area (TPSA) is 57.7 Å². The molecule has 0 spiro atoms. The van der Waals surface area contributed by atoms with Gasteiger partial charge >= 0.3 is 0 Å². The van der Waals surface area contributed by atoms with Crippen LogP contribution in [0.4, 0.5) is 8.78 Å². The zero-order valence-corrected chi connectivity index (χ0v) is 15.9. The minimum absolute atomic E-state index is 0.0211. The van der Waals surface area contributed by atoms with Gasteiger partial charge in [0.05, 0.1) is 0 Å². The number of benzene rings is 2. The van der Waals surface area contributed by atoms with E-state index in [9.17, 15) is 22.0 Å². The molecule has 0 bridgehead atoms. The van der Waals surface area contributed by atoms with Crippen molar-refractivity contribution in [2.75, 3.05) is 26.2 Å². The quantitative estimate of drug-likeness (QED) is 0.804. The molecule has 1 saturated heterocycles. The van der Waals surface area contributed by atoms with Crippen LogP contribution >= 0.6 is 0 Å². The lowest BCUT2D eigenvalue weighted by molar-refractivity contribution is 0.0696. The molecule has 1 heterocycles. The summed E-state index contributed by atoms with van der Waals surface area (Å²) in [5, 5.41) is 0. The van der Waals surface area contributed by atoms with Gasteiger partial charge in [-0.1, -0.05) is 18.2 Å². The van der Waals surface area contributed by atoms with Gasteiger partial charge < -0.3 is 4.90 Å². The Morgan fingerprint density at radius 1 is 0.926 bits per heavy atom. The molecule has 27 heavy (non-hydrogen) atoms. The van der Waals surface area contributed by atoms with E-state index >= 15 is 0 Å². The van der Waals surface area contributed by atoms with Crippen molar-refractivity contribution in [3.05, 3.63) is 64.7 Å². The Morgan fingerprint density at radius 2 is 1.48 bits per heavy atom. The smallest absolute Gasteiger partial charge is 0.254 e. The Labute approximate surface area is 157 Å². The molecule has 0 aromatic heterocycles. The molecule has 2 aromatic rings. The Balaban J connectivity index is 1.77. The average Bonchev–Trinajstić information content (AvgIpc) is 2.63. The number of aryl methyl sites for hydroxylation is 1. The van der Waals surface area contributed by atoms with Crippen molar-refractivity contribution in [3.8, 4) is 0 Å². The van der Waals surface area contributed by atoms with Crippen LogP contribution in [0.3, 0.4) is 0 Å². The number of piperazine rings is 1. The van der Waals surface area contributed by atoms with Crippen LogP contribution in [0.25, 0.3) is 0 Å². The van der Waals surface area contributed by atoms with Crippen LogP contribution in [0.5, 0.6) is 0 Å². The van der Waals surface area contributed by atoms with E-state index in [1.807, 2.05) is 19.9 Å². The molecule has 0 radical (unpaired) electrons. The van der Waals surface area contributed by atoms with Crippen molar-refractivity contribution in [2.24, 2.45) is 0 Å². The van der Waals surface area contributed by atoms with Crippen molar-refractivity contribution in [1.29, 1.82) is 0 Å². The van der Waals surface area contributed by atoms with Gasteiger partial charge in [0.25, 0.3) is 5.91 Å². The van der Waals surface area contributed by atoms with Crippen LogP contribution in [-0.4, -0.2) is 49.7 Å². The molecular formula is C19H20F2N2O3S. The van der Waals surface area contributed by atoms with Gasteiger partial charge in [0.15, 0.2) is 4.90 Å². The van der Waals surface area contributed by atoms with Crippen molar-refractivity contribution >= 4 is 15.9 Å². The Morgan fingerprint density at radius 3 is 2.07 bits per heavy atom. The molecule has 144 valence electrons. The monoisotopic (exact) mass is 394 g/mol. The molecule has 3 rings (SSSR count). The second-order valence-corrected chi connectivity index (χ2v) is 8.37. The molecule has 1 amide bonds. The first-order chi connectivity index (χ1) is 12.7. The SMILES string of the molecule is Cc1cccc(C(=O)N2CCN(S(=O)(=O)c3c(F)cccc3F)CC2)c1C. The summed E-state index contributed by atoms with van der Waals surface area (Å²) in [5.41, 5.74) is 2.45. The van der Waals surface area contributed by atoms with Gasteiger partial charge in [0, 0.05) is 31.7 Å². The zero-order valence-electron chi connectivity index (χ0n) is 15.1. The minimum atomic E-state index is -4.31. The standard InChI is InChI=1S/C19H20F2N2O3S/c1-13-5-3-6-15(14(13)2)19(24)22-9-11-23(12-10-22)27(25,26)18-16(20)7-4-8-17(18)21/h3-8H,9-12H2,1-2H3. The fourth-order valence-corrected chi connectivity index (χ4v) is 4.67. The van der Waals surface area contributed by atoms with Crippen molar-refractivity contribution in [3.63, 3.8) is 0 Å². The highest BCUT2D eigenvalue weighted by Crippen LogP contribution is 2.24. The van der Waals surface area contributed by atoms with E-state index in [-0.39, 0.29) is 32.1 Å². The molecule has 0 unspecified atom stereocenters. The van der Waals surface area contributed by atoms with Gasteiger partial charge in [-0.15, -0.1) is 0 Å². The van der Waals surface area contributed by atoms with Crippen molar-refractivity contribution < 1.29 is 22.0 Å². The van der Waals surface area contributed by atoms with Gasteiger partial charge in [0.1, 0.15) is 11.6 Å². The van der Waals surface area contributed by atoms with Crippen LogP contribution in [-0.2, 0) is 10.0 Å². The second kappa shape index (κ2) is 7.36. The van der Waals surface area contributed by atoms with Gasteiger partial charge in [0.2, 0.25) is 10.0 Å². The van der Waals surface area contributed by atoms with E-state index in [4.69, 9.17) is 0 Å². The largest absolute Gasteiger partial charge is 0.336 e. The van der Waals surface area contributed by atoms with Crippen LogP contribution in [0.2, 0.25) is 0 Å². The number of nitrogens with zero attached hydrogens (tertiary/aromatic N) is 2. The first kappa shape index (κ1) is 19.4. The fraction of sp³-hybridized carbons (Fsp3) is 0.316. The number of hydrogen-bond acceptors (Lipinski definition) is 3. The van der Waals surface area contributed by atoms with Crippen LogP contribution in [0, 0.1) is 25.5 Å². The highest BCUT2D eigenvalue weighted by molar-refractivity contribution is 7.89. The summed E-state index contributed by atoms with van der Waals surface area (Å²) in [6, 6.07) is 8.40. The lowest BCUT2D eigenvalue weighted by Gasteiger charge is -2.34. The first-order valence-corrected chi connectivity index (χ1v) is 9.97. The number of carbonyl (C=O) groups excluding carboxylic acids is 1. The highest BCUT2D eigenvalue weighted by Gasteiger charge is 2.34. The number of sulfonamides is 1. The van der Waals surface area contributed by atoms with E-state index in [2.05, 4.69) is 0 Å². The summed E-state index contributed by atoms with van der Waals surface area (Å²) in [5.74, 6) is -2.42. The Hall–Kier alpha value is -2.32. The van der Waals surface area contributed by atoms with Gasteiger partial charge in [-0.25, -0.2) is 17.2 Å². The number of rotatable bonds is 3. The Bertz CT molecular complexity index is 964. The molecule has 1 fully saturated rings. The maximum absolute atomic E-state index is 13.9. The van der Waals surface area contributed by atoms with Crippen molar-refractivity contribution in [1.82, 2.24) is 9.21 Å². The molecule has 0 saturated carbocycles. The molecule has 0 aliphatic carbocycles. The van der Waals surface area contributed by atoms with E-state index in [1.165, 1.54) is 0 Å². The molecule has 0 N–H and O–H groups in total. The average molecular weight is 394 g/mol. The van der Waals surface area contributed by atoms with Gasteiger partial charge in [-0.2, -0.15) is 4.31 Å². The summed E-state index contributed by atoms with van der Waals surface area (Å²) in [6.07, 6.45) is 0. The van der Waals surface area contributed by atoms with E-state index in [0.717, 1.165) is 33.6 Å². The minimum Gasteiger partial charge on any atom is -0.336 e. The molecule has 1 aliphatic rings. The highest BCUT2D eigenvalue weighted by atomic mass is 32.2. The lowest BCUT2D eigenvalue weighted by atomic mass is 10.0. The van der Waals surface area contributed by atoms with Crippen molar-refractivity contribution in [2.45, 2.75) is 18.7 Å². The maximum Gasteiger partial charge on any atom is 0.254 e. The molecule has 5 nitrogen and oxygen atoms in total. The van der Waals surface area contributed by atoms with E-state index in [0.29, 0.717) is 5.56 Å². The summed E-state index contributed by atoms with van der Waals surface area (Å²) in [7, 11) is -4.31. The number of hydrogen-bond donors (Lipinski definition) is 0. The molecule has 2 aromatic carbocycles. The molecular weight excluding hydrogens is 374 g/mol. The van der Waals surface area contributed by atoms with E-state index in [1.54, 1.807) is 17.0 Å². The Kier molecular flexibility index (Phi) is 5.30. The predicted octanol–water partition coefficient (Wildman–Crippen LogP) is 2.73. The normalized spacial score (nSPS) is 15.8. The molecule has 0 atom stereocenters. The maximum atomic E-state index is 13.9. The second-order valence-electron chi connectivity index (χ2n) is 6.49. The van der Waals surface area contributed by atoms with Gasteiger partial charge in [-0.05, 0) is 43.2 Å². The fourth-order valence-electron chi connectivity index (χ4n) is 3.14. The summed E-state index contributed by atoms with van der Waals surface area (Å²) in [4.78, 5) is 13.4.